The minimum absolute atomic E-state index is 0.120. The van der Waals surface area contributed by atoms with E-state index >= 15 is 0 Å². The molecule has 114 valence electrons. The van der Waals surface area contributed by atoms with Gasteiger partial charge in [-0.05, 0) is 36.9 Å². The van der Waals surface area contributed by atoms with Gasteiger partial charge in [0.2, 0.25) is 0 Å². The van der Waals surface area contributed by atoms with E-state index in [0.717, 1.165) is 5.56 Å². The summed E-state index contributed by atoms with van der Waals surface area (Å²) in [7, 11) is 0. The third-order valence-electron chi connectivity index (χ3n) is 2.63. The highest BCUT2D eigenvalue weighted by atomic mass is 35.5. The van der Waals surface area contributed by atoms with Gasteiger partial charge in [0.1, 0.15) is 0 Å². The van der Waals surface area contributed by atoms with Crippen LogP contribution in [0, 0.1) is 0 Å². The third kappa shape index (κ3) is 4.71. The fourth-order valence-corrected chi connectivity index (χ4v) is 4.04. The van der Waals surface area contributed by atoms with Crippen LogP contribution in [0.2, 0.25) is 8.67 Å². The molecule has 0 aliphatic carbocycles. The lowest BCUT2D eigenvalue weighted by molar-refractivity contribution is -0.0327. The Hall–Kier alpha value is -0.560. The summed E-state index contributed by atoms with van der Waals surface area (Å²) in [6.07, 6.45) is 0. The lowest BCUT2D eigenvalue weighted by Crippen LogP contribution is -2.08. The molecule has 1 heterocycles. The van der Waals surface area contributed by atoms with E-state index in [1.807, 2.05) is 6.92 Å². The van der Waals surface area contributed by atoms with Crippen LogP contribution in [0.15, 0.2) is 35.2 Å². The van der Waals surface area contributed by atoms with Crippen molar-refractivity contribution in [3.8, 4) is 0 Å². The standard InChI is InChI=1S/C13H10Cl2F3NS2/c1-7(8-6-11(14)20-12(8)15)19-9-4-2-3-5-10(9)21-13(16,17)18/h2-7,19H,1H3. The molecule has 21 heavy (non-hydrogen) atoms. The van der Waals surface area contributed by atoms with E-state index in [1.165, 1.54) is 17.4 Å². The molecule has 0 aliphatic heterocycles. The monoisotopic (exact) mass is 371 g/mol. The van der Waals surface area contributed by atoms with Crippen molar-refractivity contribution in [2.45, 2.75) is 23.4 Å². The maximum Gasteiger partial charge on any atom is 0.446 e. The summed E-state index contributed by atoms with van der Waals surface area (Å²) in [6, 6.07) is 7.74. The summed E-state index contributed by atoms with van der Waals surface area (Å²) in [5, 5.41) is 3.05. The Bertz CT molecular complexity index is 628. The van der Waals surface area contributed by atoms with Gasteiger partial charge >= 0.3 is 5.51 Å². The van der Waals surface area contributed by atoms with Crippen LogP contribution >= 0.6 is 46.3 Å². The van der Waals surface area contributed by atoms with Crippen molar-refractivity contribution in [3.63, 3.8) is 0 Å². The average molecular weight is 372 g/mol. The van der Waals surface area contributed by atoms with E-state index in [0.29, 0.717) is 14.4 Å². The lowest BCUT2D eigenvalue weighted by Gasteiger charge is -2.18. The fraction of sp³-hybridized carbons (Fsp3) is 0.231. The van der Waals surface area contributed by atoms with Crippen molar-refractivity contribution >= 4 is 52.0 Å². The highest BCUT2D eigenvalue weighted by Crippen LogP contribution is 2.42. The maximum atomic E-state index is 12.5. The molecule has 0 aliphatic rings. The maximum absolute atomic E-state index is 12.5. The van der Waals surface area contributed by atoms with Crippen molar-refractivity contribution in [3.05, 3.63) is 44.6 Å². The smallest absolute Gasteiger partial charge is 0.378 e. The van der Waals surface area contributed by atoms with Gasteiger partial charge in [0.05, 0.1) is 14.7 Å². The van der Waals surface area contributed by atoms with Crippen molar-refractivity contribution in [1.82, 2.24) is 0 Å². The van der Waals surface area contributed by atoms with Crippen LogP contribution in [0.1, 0.15) is 18.5 Å². The number of nitrogens with one attached hydrogen (secondary N) is 1. The second-order valence-corrected chi connectivity index (χ2v) is 7.58. The minimum atomic E-state index is -4.33. The van der Waals surface area contributed by atoms with E-state index in [2.05, 4.69) is 5.32 Å². The summed E-state index contributed by atoms with van der Waals surface area (Å²) in [5.74, 6) is 0. The van der Waals surface area contributed by atoms with Gasteiger partial charge < -0.3 is 5.32 Å². The molecule has 8 heteroatoms. The molecule has 1 atom stereocenters. The van der Waals surface area contributed by atoms with Gasteiger partial charge in [-0.15, -0.1) is 11.3 Å². The molecule has 0 bridgehead atoms. The molecular formula is C13H10Cl2F3NS2. The van der Waals surface area contributed by atoms with Crippen molar-refractivity contribution in [2.24, 2.45) is 0 Å². The van der Waals surface area contributed by atoms with Gasteiger partial charge in [0, 0.05) is 16.1 Å². The molecule has 1 N–H and O–H groups in total. The fourth-order valence-electron chi connectivity index (χ4n) is 1.76. The quantitative estimate of drug-likeness (QED) is 0.590. The SMILES string of the molecule is CC(Nc1ccccc1SC(F)(F)F)c1cc(Cl)sc1Cl. The topological polar surface area (TPSA) is 12.0 Å². The number of thiophene rings is 1. The second kappa shape index (κ2) is 6.69. The number of hydrogen-bond donors (Lipinski definition) is 1. The van der Waals surface area contributed by atoms with E-state index in [-0.39, 0.29) is 22.7 Å². The number of alkyl halides is 3. The average Bonchev–Trinajstić information content (AvgIpc) is 2.69. The minimum Gasteiger partial charge on any atom is -0.378 e. The molecule has 1 aromatic heterocycles. The molecule has 1 aromatic carbocycles. The summed E-state index contributed by atoms with van der Waals surface area (Å²) >= 11 is 13.0. The number of hydrogen-bond acceptors (Lipinski definition) is 3. The van der Waals surface area contributed by atoms with Crippen LogP contribution in [0.4, 0.5) is 18.9 Å². The lowest BCUT2D eigenvalue weighted by atomic mass is 10.1. The first-order chi connectivity index (χ1) is 9.76. The molecule has 0 spiro atoms. The molecule has 0 saturated carbocycles. The van der Waals surface area contributed by atoms with E-state index in [9.17, 15) is 13.2 Å². The number of benzene rings is 1. The van der Waals surface area contributed by atoms with E-state index in [4.69, 9.17) is 23.2 Å². The van der Waals surface area contributed by atoms with Crippen LogP contribution in [0.25, 0.3) is 0 Å². The van der Waals surface area contributed by atoms with Gasteiger partial charge in [0.25, 0.3) is 0 Å². The molecule has 1 nitrogen and oxygen atoms in total. The third-order valence-corrected chi connectivity index (χ3v) is 4.96. The highest BCUT2D eigenvalue weighted by Gasteiger charge is 2.30. The summed E-state index contributed by atoms with van der Waals surface area (Å²) in [6.45, 7) is 1.82. The zero-order valence-electron chi connectivity index (χ0n) is 10.7. The Morgan fingerprint density at radius 2 is 1.90 bits per heavy atom. The number of thioether (sulfide) groups is 1. The Balaban J connectivity index is 2.21. The first-order valence-corrected chi connectivity index (χ1v) is 8.21. The first-order valence-electron chi connectivity index (χ1n) is 5.82. The predicted octanol–water partition coefficient (Wildman–Crippen LogP) is 6.84. The van der Waals surface area contributed by atoms with Gasteiger partial charge in [0.15, 0.2) is 0 Å². The Kier molecular flexibility index (Phi) is 5.35. The number of para-hydroxylation sites is 1. The van der Waals surface area contributed by atoms with Gasteiger partial charge in [-0.2, -0.15) is 13.2 Å². The number of rotatable bonds is 4. The second-order valence-electron chi connectivity index (χ2n) is 4.19. The number of halogens is 5. The largest absolute Gasteiger partial charge is 0.446 e. The molecule has 2 aromatic rings. The Labute approximate surface area is 138 Å². The molecule has 0 amide bonds. The van der Waals surface area contributed by atoms with Crippen LogP contribution in [0.5, 0.6) is 0 Å². The van der Waals surface area contributed by atoms with Crippen LogP contribution in [-0.2, 0) is 0 Å². The predicted molar refractivity (Wildman–Crippen MR) is 84.7 cm³/mol. The first kappa shape index (κ1) is 16.8. The van der Waals surface area contributed by atoms with Gasteiger partial charge in [-0.25, -0.2) is 0 Å². The van der Waals surface area contributed by atoms with Crippen LogP contribution in [0.3, 0.4) is 0 Å². The Morgan fingerprint density at radius 3 is 2.48 bits per heavy atom. The zero-order valence-corrected chi connectivity index (χ0v) is 13.8. The van der Waals surface area contributed by atoms with Crippen molar-refractivity contribution < 1.29 is 13.2 Å². The van der Waals surface area contributed by atoms with Crippen molar-refractivity contribution in [1.29, 1.82) is 0 Å². The normalized spacial score (nSPS) is 13.2. The highest BCUT2D eigenvalue weighted by molar-refractivity contribution is 8.00. The summed E-state index contributed by atoms with van der Waals surface area (Å²) < 4.78 is 38.7. The van der Waals surface area contributed by atoms with Crippen molar-refractivity contribution in [2.75, 3.05) is 5.32 Å². The molecule has 0 fully saturated rings. The molecule has 2 rings (SSSR count). The molecule has 0 saturated heterocycles. The molecule has 0 radical (unpaired) electrons. The zero-order chi connectivity index (χ0) is 15.6. The van der Waals surface area contributed by atoms with Crippen LogP contribution < -0.4 is 5.32 Å². The summed E-state index contributed by atoms with van der Waals surface area (Å²) in [5.41, 5.74) is -3.16. The van der Waals surface area contributed by atoms with Gasteiger partial charge in [-0.1, -0.05) is 35.3 Å². The van der Waals surface area contributed by atoms with Gasteiger partial charge in [-0.3, -0.25) is 0 Å². The molecule has 1 unspecified atom stereocenters. The summed E-state index contributed by atoms with van der Waals surface area (Å²) in [4.78, 5) is 0.120. The number of anilines is 1. The Morgan fingerprint density at radius 1 is 1.24 bits per heavy atom. The van der Waals surface area contributed by atoms with Crippen LogP contribution in [-0.4, -0.2) is 5.51 Å². The molecular weight excluding hydrogens is 362 g/mol. The van der Waals surface area contributed by atoms with E-state index < -0.39 is 5.51 Å². The van der Waals surface area contributed by atoms with E-state index in [1.54, 1.807) is 24.3 Å².